The number of benzene rings is 4. The fourth-order valence-corrected chi connectivity index (χ4v) is 6.35. The van der Waals surface area contributed by atoms with Crippen molar-refractivity contribution in [3.8, 4) is 5.75 Å². The third-order valence-corrected chi connectivity index (χ3v) is 8.67. The second kappa shape index (κ2) is 13.9. The Morgan fingerprint density at radius 3 is 2.05 bits per heavy atom. The van der Waals surface area contributed by atoms with Crippen molar-refractivity contribution in [1.82, 2.24) is 0 Å². The Morgan fingerprint density at radius 1 is 0.714 bits per heavy atom. The van der Waals surface area contributed by atoms with Crippen molar-refractivity contribution >= 4 is 11.8 Å². The number of ether oxygens (including phenoxy) is 6. The highest BCUT2D eigenvalue weighted by Crippen LogP contribution is 2.41. The van der Waals surface area contributed by atoms with Crippen LogP contribution in [0.2, 0.25) is 0 Å². The van der Waals surface area contributed by atoms with Crippen LogP contribution in [0, 0.1) is 6.92 Å². The summed E-state index contributed by atoms with van der Waals surface area (Å²) in [7, 11) is 1.67. The van der Waals surface area contributed by atoms with E-state index in [-0.39, 0.29) is 11.5 Å². The topological polar surface area (TPSA) is 55.4 Å². The zero-order chi connectivity index (χ0) is 28.7. The van der Waals surface area contributed by atoms with Gasteiger partial charge in [0.2, 0.25) is 0 Å². The maximum absolute atomic E-state index is 6.74. The molecule has 2 fully saturated rings. The standard InChI is InChI=1S/C35H36O6S/c1-24-13-19-29(20-14-24)42-35-33(38-21-25-9-5-3-6-10-25)32(37-22-26-15-17-28(36-2)18-16-26)31-30(40-35)23-39-34(41-31)27-11-7-4-8-12-27/h3-20,30-35H,21-23H2,1-2H3/t30-,31-,32+,33+,34?,35-/m1/s1. The molecule has 0 N–H and O–H groups in total. The van der Waals surface area contributed by atoms with Crippen LogP contribution in [0.4, 0.5) is 0 Å². The molecule has 0 saturated carbocycles. The predicted molar refractivity (Wildman–Crippen MR) is 162 cm³/mol. The van der Waals surface area contributed by atoms with Gasteiger partial charge in [0.15, 0.2) is 6.29 Å². The van der Waals surface area contributed by atoms with Crippen LogP contribution in [0.3, 0.4) is 0 Å². The molecular weight excluding hydrogens is 548 g/mol. The van der Waals surface area contributed by atoms with E-state index >= 15 is 0 Å². The van der Waals surface area contributed by atoms with Crippen molar-refractivity contribution in [2.24, 2.45) is 0 Å². The first-order valence-corrected chi connectivity index (χ1v) is 15.1. The second-order valence-corrected chi connectivity index (χ2v) is 11.7. The van der Waals surface area contributed by atoms with Crippen LogP contribution < -0.4 is 4.74 Å². The van der Waals surface area contributed by atoms with Crippen LogP contribution in [0.1, 0.15) is 28.5 Å². The quantitative estimate of drug-likeness (QED) is 0.197. The number of rotatable bonds is 10. The minimum atomic E-state index is -0.515. The van der Waals surface area contributed by atoms with Gasteiger partial charge in [-0.05, 0) is 42.3 Å². The lowest BCUT2D eigenvalue weighted by Gasteiger charge is -2.49. The number of hydrogen-bond acceptors (Lipinski definition) is 7. The maximum atomic E-state index is 6.74. The fourth-order valence-electron chi connectivity index (χ4n) is 5.22. The molecule has 0 amide bonds. The van der Waals surface area contributed by atoms with Crippen molar-refractivity contribution in [2.45, 2.75) is 61.2 Å². The molecule has 2 aliphatic heterocycles. The lowest BCUT2D eigenvalue weighted by molar-refractivity contribution is -0.329. The molecular formula is C35H36O6S. The van der Waals surface area contributed by atoms with E-state index in [4.69, 9.17) is 28.4 Å². The SMILES string of the molecule is COc1ccc(CO[C@@H]2[C@H](OCc3ccccc3)[C@@H](Sc3ccc(C)cc3)O[C@@H]3COC(c4ccccc4)O[C@@H]23)cc1. The third-order valence-electron chi connectivity index (χ3n) is 7.52. The average Bonchev–Trinajstić information content (AvgIpc) is 3.05. The molecule has 0 aromatic heterocycles. The Balaban J connectivity index is 1.30. The van der Waals surface area contributed by atoms with Gasteiger partial charge in [-0.3, -0.25) is 0 Å². The van der Waals surface area contributed by atoms with E-state index in [0.29, 0.717) is 19.8 Å². The van der Waals surface area contributed by atoms with E-state index in [1.54, 1.807) is 18.9 Å². The van der Waals surface area contributed by atoms with Gasteiger partial charge in [-0.25, -0.2) is 0 Å². The Bertz CT molecular complexity index is 1380. The van der Waals surface area contributed by atoms with Gasteiger partial charge in [-0.2, -0.15) is 0 Å². The summed E-state index contributed by atoms with van der Waals surface area (Å²) in [4.78, 5) is 1.10. The molecule has 42 heavy (non-hydrogen) atoms. The number of hydrogen-bond donors (Lipinski definition) is 0. The van der Waals surface area contributed by atoms with Crippen molar-refractivity contribution in [2.75, 3.05) is 13.7 Å². The molecule has 2 saturated heterocycles. The molecule has 0 bridgehead atoms. The molecule has 6 nitrogen and oxygen atoms in total. The predicted octanol–water partition coefficient (Wildman–Crippen LogP) is 7.11. The van der Waals surface area contributed by atoms with Gasteiger partial charge in [0.05, 0.1) is 26.9 Å². The van der Waals surface area contributed by atoms with Crippen LogP contribution in [0.25, 0.3) is 0 Å². The van der Waals surface area contributed by atoms with Gasteiger partial charge >= 0.3 is 0 Å². The summed E-state index contributed by atoms with van der Waals surface area (Å²) in [6.07, 6.45) is -2.04. The molecule has 4 aromatic rings. The van der Waals surface area contributed by atoms with E-state index in [0.717, 1.165) is 27.3 Å². The van der Waals surface area contributed by atoms with Crippen molar-refractivity contribution in [3.63, 3.8) is 0 Å². The molecule has 0 aliphatic carbocycles. The molecule has 0 spiro atoms. The molecule has 218 valence electrons. The summed E-state index contributed by atoms with van der Waals surface area (Å²) < 4.78 is 38.3. The summed E-state index contributed by atoms with van der Waals surface area (Å²) >= 11 is 1.64. The van der Waals surface area contributed by atoms with Crippen molar-refractivity contribution in [3.05, 3.63) is 131 Å². The first-order valence-electron chi connectivity index (χ1n) is 14.3. The summed E-state index contributed by atoms with van der Waals surface area (Å²) in [5.41, 5.74) is 3.96. The van der Waals surface area contributed by atoms with Crippen LogP contribution >= 0.6 is 11.8 Å². The normalized spacial score (nSPS) is 25.5. The maximum Gasteiger partial charge on any atom is 0.184 e. The monoisotopic (exact) mass is 584 g/mol. The highest BCUT2D eigenvalue weighted by molar-refractivity contribution is 7.99. The largest absolute Gasteiger partial charge is 0.497 e. The molecule has 7 heteroatoms. The van der Waals surface area contributed by atoms with Crippen LogP contribution in [-0.4, -0.2) is 43.6 Å². The summed E-state index contributed by atoms with van der Waals surface area (Å²) in [6, 6.07) is 36.6. The van der Waals surface area contributed by atoms with E-state index in [2.05, 4.69) is 43.3 Å². The lowest BCUT2D eigenvalue weighted by atomic mass is 9.98. The Labute approximate surface area is 251 Å². The van der Waals surface area contributed by atoms with E-state index in [9.17, 15) is 0 Å². The lowest BCUT2D eigenvalue weighted by Crippen LogP contribution is -2.62. The highest BCUT2D eigenvalue weighted by atomic mass is 32.2. The molecule has 2 heterocycles. The number of fused-ring (bicyclic) bond motifs is 1. The van der Waals surface area contributed by atoms with Gasteiger partial charge in [-0.1, -0.05) is 102 Å². The average molecular weight is 585 g/mol. The summed E-state index contributed by atoms with van der Waals surface area (Å²) in [6.45, 7) is 3.30. The minimum Gasteiger partial charge on any atom is -0.497 e. The van der Waals surface area contributed by atoms with Crippen molar-refractivity contribution in [1.29, 1.82) is 0 Å². The van der Waals surface area contributed by atoms with Crippen LogP contribution in [0.5, 0.6) is 5.75 Å². The first-order chi connectivity index (χ1) is 20.7. The Hall–Kier alpha value is -3.17. The van der Waals surface area contributed by atoms with Crippen LogP contribution in [-0.2, 0) is 36.9 Å². The summed E-state index contributed by atoms with van der Waals surface area (Å²) in [5.74, 6) is 0.807. The number of thioether (sulfide) groups is 1. The number of methoxy groups -OCH3 is 1. The molecule has 1 unspecified atom stereocenters. The van der Waals surface area contributed by atoms with Gasteiger partial charge in [0, 0.05) is 10.5 Å². The molecule has 6 atom stereocenters. The smallest absolute Gasteiger partial charge is 0.184 e. The van der Waals surface area contributed by atoms with E-state index < -0.39 is 24.6 Å². The molecule has 0 radical (unpaired) electrons. The van der Waals surface area contributed by atoms with Crippen LogP contribution in [0.15, 0.2) is 114 Å². The van der Waals surface area contributed by atoms with E-state index in [1.165, 1.54) is 5.56 Å². The van der Waals surface area contributed by atoms with Gasteiger partial charge in [0.25, 0.3) is 0 Å². The van der Waals surface area contributed by atoms with Gasteiger partial charge in [-0.15, -0.1) is 0 Å². The second-order valence-electron chi connectivity index (χ2n) is 10.5. The minimum absolute atomic E-state index is 0.314. The first kappa shape index (κ1) is 28.9. The molecule has 6 rings (SSSR count). The highest BCUT2D eigenvalue weighted by Gasteiger charge is 2.51. The zero-order valence-electron chi connectivity index (χ0n) is 23.8. The Morgan fingerprint density at radius 2 is 1.36 bits per heavy atom. The van der Waals surface area contributed by atoms with Gasteiger partial charge in [0.1, 0.15) is 35.6 Å². The molecule has 4 aromatic carbocycles. The number of aryl methyl sites for hydroxylation is 1. The molecule has 2 aliphatic rings. The zero-order valence-corrected chi connectivity index (χ0v) is 24.7. The van der Waals surface area contributed by atoms with E-state index in [1.807, 2.05) is 72.8 Å². The third kappa shape index (κ3) is 7.06. The fraction of sp³-hybridized carbons (Fsp3) is 0.314. The van der Waals surface area contributed by atoms with Gasteiger partial charge < -0.3 is 28.4 Å². The Kier molecular flexibility index (Phi) is 9.55. The summed E-state index contributed by atoms with van der Waals surface area (Å²) in [5, 5.41) is 0. The van der Waals surface area contributed by atoms with Crippen molar-refractivity contribution < 1.29 is 28.4 Å².